The first-order valence-corrected chi connectivity index (χ1v) is 7.45. The minimum atomic E-state index is 0.653. The summed E-state index contributed by atoms with van der Waals surface area (Å²) in [7, 11) is 2.19. The molecule has 1 heterocycles. The molecule has 1 aromatic carbocycles. The molecule has 0 fully saturated rings. The molecule has 3 heteroatoms. The van der Waals surface area contributed by atoms with Gasteiger partial charge in [0.05, 0.1) is 0 Å². The lowest BCUT2D eigenvalue weighted by molar-refractivity contribution is 0.252. The van der Waals surface area contributed by atoms with Gasteiger partial charge in [-0.05, 0) is 37.4 Å². The third-order valence-electron chi connectivity index (χ3n) is 4.07. The maximum atomic E-state index is 4.18. The summed E-state index contributed by atoms with van der Waals surface area (Å²) in [5.41, 5.74) is 1.34. The number of benzene rings is 1. The lowest BCUT2D eigenvalue weighted by Crippen LogP contribution is -2.34. The lowest BCUT2D eigenvalue weighted by Gasteiger charge is -2.23. The zero-order valence-electron chi connectivity index (χ0n) is 12.8. The van der Waals surface area contributed by atoms with Gasteiger partial charge in [-0.1, -0.05) is 25.1 Å². The fourth-order valence-corrected chi connectivity index (χ4v) is 2.35. The molecule has 0 saturated heterocycles. The van der Waals surface area contributed by atoms with E-state index in [1.54, 1.807) is 0 Å². The summed E-state index contributed by atoms with van der Waals surface area (Å²) in [4.78, 5) is 6.58. The van der Waals surface area contributed by atoms with Crippen LogP contribution in [-0.4, -0.2) is 36.1 Å². The van der Waals surface area contributed by atoms with Gasteiger partial charge in [-0.25, -0.2) is 0 Å². The van der Waals surface area contributed by atoms with Crippen molar-refractivity contribution in [2.24, 2.45) is 0 Å². The Bertz CT molecular complexity index is 533. The first-order valence-electron chi connectivity index (χ1n) is 7.45. The predicted molar refractivity (Wildman–Crippen MR) is 85.8 cm³/mol. The average Bonchev–Trinajstić information content (AvgIpc) is 2.50. The van der Waals surface area contributed by atoms with Crippen molar-refractivity contribution in [3.05, 3.63) is 42.2 Å². The third kappa shape index (κ3) is 3.78. The maximum absolute atomic E-state index is 4.18. The van der Waals surface area contributed by atoms with Crippen molar-refractivity contribution in [3.8, 4) is 0 Å². The van der Waals surface area contributed by atoms with E-state index >= 15 is 0 Å². The van der Waals surface area contributed by atoms with Crippen molar-refractivity contribution in [1.82, 2.24) is 15.2 Å². The minimum Gasteiger partial charge on any atom is -0.311 e. The Morgan fingerprint density at radius 2 is 2.15 bits per heavy atom. The number of likely N-dealkylation sites (N-methyl/N-ethyl adjacent to an activating group) is 1. The zero-order chi connectivity index (χ0) is 14.4. The second kappa shape index (κ2) is 7.36. The third-order valence-corrected chi connectivity index (χ3v) is 4.07. The number of rotatable bonds is 7. The number of hydrogen-bond acceptors (Lipinski definition) is 3. The van der Waals surface area contributed by atoms with Crippen LogP contribution in [0.4, 0.5) is 0 Å². The molecule has 0 saturated carbocycles. The fourth-order valence-electron chi connectivity index (χ4n) is 2.35. The lowest BCUT2D eigenvalue weighted by atomic mass is 10.1. The molecule has 1 N–H and O–H groups in total. The highest BCUT2D eigenvalue weighted by molar-refractivity contribution is 5.84. The Kier molecular flexibility index (Phi) is 5.50. The Labute approximate surface area is 122 Å². The van der Waals surface area contributed by atoms with E-state index in [1.807, 2.05) is 12.4 Å². The molecule has 0 aliphatic carbocycles. The standard InChI is InChI=1S/C17H25N3/c1-4-14(2)20(3)11-10-19-13-16-7-5-6-15-12-18-9-8-17(15)16/h5-9,12,14,19H,4,10-11,13H2,1-3H3. The van der Waals surface area contributed by atoms with Crippen LogP contribution in [0.1, 0.15) is 25.8 Å². The minimum absolute atomic E-state index is 0.653. The van der Waals surface area contributed by atoms with E-state index in [1.165, 1.54) is 22.8 Å². The van der Waals surface area contributed by atoms with Gasteiger partial charge >= 0.3 is 0 Å². The number of nitrogens with one attached hydrogen (secondary N) is 1. The van der Waals surface area contributed by atoms with Crippen LogP contribution in [-0.2, 0) is 6.54 Å². The van der Waals surface area contributed by atoms with E-state index in [-0.39, 0.29) is 0 Å². The van der Waals surface area contributed by atoms with Gasteiger partial charge in [-0.15, -0.1) is 0 Å². The van der Waals surface area contributed by atoms with Crippen molar-refractivity contribution < 1.29 is 0 Å². The Morgan fingerprint density at radius 3 is 2.95 bits per heavy atom. The average molecular weight is 271 g/mol. The van der Waals surface area contributed by atoms with Crippen molar-refractivity contribution in [2.75, 3.05) is 20.1 Å². The van der Waals surface area contributed by atoms with Crippen LogP contribution >= 0.6 is 0 Å². The van der Waals surface area contributed by atoms with Crippen molar-refractivity contribution in [3.63, 3.8) is 0 Å². The molecule has 3 nitrogen and oxygen atoms in total. The summed E-state index contributed by atoms with van der Waals surface area (Å²) >= 11 is 0. The normalized spacial score (nSPS) is 13.0. The molecule has 1 unspecified atom stereocenters. The molecule has 0 spiro atoms. The molecule has 2 rings (SSSR count). The van der Waals surface area contributed by atoms with Crippen LogP contribution < -0.4 is 5.32 Å². The van der Waals surface area contributed by atoms with Crippen molar-refractivity contribution in [1.29, 1.82) is 0 Å². The molecule has 20 heavy (non-hydrogen) atoms. The van der Waals surface area contributed by atoms with Crippen LogP contribution in [0.2, 0.25) is 0 Å². The zero-order valence-corrected chi connectivity index (χ0v) is 12.8. The van der Waals surface area contributed by atoms with Crippen molar-refractivity contribution in [2.45, 2.75) is 32.9 Å². The molecule has 2 aromatic rings. The van der Waals surface area contributed by atoms with E-state index in [2.05, 4.69) is 60.4 Å². The molecule has 0 bridgehead atoms. The number of nitrogens with zero attached hydrogens (tertiary/aromatic N) is 2. The van der Waals surface area contributed by atoms with Crippen molar-refractivity contribution >= 4 is 10.8 Å². The maximum Gasteiger partial charge on any atom is 0.0346 e. The van der Waals surface area contributed by atoms with Crippen LogP contribution in [0.15, 0.2) is 36.7 Å². The highest BCUT2D eigenvalue weighted by Crippen LogP contribution is 2.16. The topological polar surface area (TPSA) is 28.2 Å². The van der Waals surface area contributed by atoms with Crippen LogP contribution in [0.3, 0.4) is 0 Å². The molecule has 108 valence electrons. The largest absolute Gasteiger partial charge is 0.311 e. The molecule has 0 radical (unpaired) electrons. The first-order chi connectivity index (χ1) is 9.72. The van der Waals surface area contributed by atoms with Crippen LogP contribution in [0, 0.1) is 0 Å². The second-order valence-electron chi connectivity index (χ2n) is 5.43. The van der Waals surface area contributed by atoms with Crippen LogP contribution in [0.25, 0.3) is 10.8 Å². The van der Waals surface area contributed by atoms with E-state index in [0.717, 1.165) is 19.6 Å². The fraction of sp³-hybridized carbons (Fsp3) is 0.471. The molecule has 0 aliphatic rings. The summed E-state index contributed by atoms with van der Waals surface area (Å²) in [6.45, 7) is 7.52. The van der Waals surface area contributed by atoms with Gasteiger partial charge in [0, 0.05) is 43.5 Å². The number of hydrogen-bond donors (Lipinski definition) is 1. The van der Waals surface area contributed by atoms with Gasteiger partial charge < -0.3 is 10.2 Å². The number of fused-ring (bicyclic) bond motifs is 1. The summed E-state index contributed by atoms with van der Waals surface area (Å²) < 4.78 is 0. The SMILES string of the molecule is CCC(C)N(C)CCNCc1cccc2cnccc12. The van der Waals surface area contributed by atoms with E-state index in [4.69, 9.17) is 0 Å². The smallest absolute Gasteiger partial charge is 0.0346 e. The summed E-state index contributed by atoms with van der Waals surface area (Å²) in [5, 5.41) is 6.05. The Morgan fingerprint density at radius 1 is 1.30 bits per heavy atom. The summed E-state index contributed by atoms with van der Waals surface area (Å²) in [6.07, 6.45) is 4.99. The predicted octanol–water partition coefficient (Wildman–Crippen LogP) is 3.05. The molecule has 1 atom stereocenters. The highest BCUT2D eigenvalue weighted by Gasteiger charge is 2.05. The van der Waals surface area contributed by atoms with Gasteiger partial charge in [-0.3, -0.25) is 4.98 Å². The highest BCUT2D eigenvalue weighted by atomic mass is 15.1. The quantitative estimate of drug-likeness (QED) is 0.785. The number of aromatic nitrogens is 1. The Hall–Kier alpha value is -1.45. The van der Waals surface area contributed by atoms with Gasteiger partial charge in [0.15, 0.2) is 0 Å². The van der Waals surface area contributed by atoms with E-state index < -0.39 is 0 Å². The van der Waals surface area contributed by atoms with Crippen LogP contribution in [0.5, 0.6) is 0 Å². The monoisotopic (exact) mass is 271 g/mol. The van der Waals surface area contributed by atoms with Gasteiger partial charge in [0.25, 0.3) is 0 Å². The molecule has 0 amide bonds. The van der Waals surface area contributed by atoms with E-state index in [0.29, 0.717) is 6.04 Å². The van der Waals surface area contributed by atoms with Gasteiger partial charge in [-0.2, -0.15) is 0 Å². The molecule has 1 aromatic heterocycles. The summed E-state index contributed by atoms with van der Waals surface area (Å²) in [6, 6.07) is 9.15. The number of pyridine rings is 1. The second-order valence-corrected chi connectivity index (χ2v) is 5.43. The molecular weight excluding hydrogens is 246 g/mol. The van der Waals surface area contributed by atoms with Gasteiger partial charge in [0.1, 0.15) is 0 Å². The van der Waals surface area contributed by atoms with Gasteiger partial charge in [0.2, 0.25) is 0 Å². The molecule has 0 aliphatic heterocycles. The van der Waals surface area contributed by atoms with E-state index in [9.17, 15) is 0 Å². The Balaban J connectivity index is 1.87. The first kappa shape index (κ1) is 14.9. The molecular formula is C17H25N3. The summed E-state index contributed by atoms with van der Waals surface area (Å²) in [5.74, 6) is 0.